The summed E-state index contributed by atoms with van der Waals surface area (Å²) < 4.78 is 0. The Kier molecular flexibility index (Phi) is 4.75. The van der Waals surface area contributed by atoms with Crippen molar-refractivity contribution >= 4 is 5.91 Å². The standard InChI is InChI=1S/C12H21N3O/c1-3-8(2)11(14)12(16)15-10-6-4-5-9(10)7-13/h8-11H,3-6,14H2,1-2H3,(H,15,16)/t8-,9?,10?,11-/m0/s1. The number of hydrogen-bond acceptors (Lipinski definition) is 3. The van der Waals surface area contributed by atoms with Gasteiger partial charge in [0.1, 0.15) is 0 Å². The number of nitriles is 1. The zero-order valence-electron chi connectivity index (χ0n) is 10.1. The lowest BCUT2D eigenvalue weighted by atomic mass is 9.98. The van der Waals surface area contributed by atoms with E-state index < -0.39 is 6.04 Å². The van der Waals surface area contributed by atoms with Crippen LogP contribution in [0.5, 0.6) is 0 Å². The number of carbonyl (C=O) groups is 1. The molecule has 90 valence electrons. The quantitative estimate of drug-likeness (QED) is 0.750. The predicted molar refractivity (Wildman–Crippen MR) is 62.3 cm³/mol. The van der Waals surface area contributed by atoms with Crippen LogP contribution in [-0.2, 0) is 4.79 Å². The second-order valence-electron chi connectivity index (χ2n) is 4.69. The van der Waals surface area contributed by atoms with E-state index in [9.17, 15) is 4.79 Å². The van der Waals surface area contributed by atoms with Crippen LogP contribution in [0.3, 0.4) is 0 Å². The molecule has 0 spiro atoms. The molecule has 4 heteroatoms. The molecule has 3 N–H and O–H groups in total. The summed E-state index contributed by atoms with van der Waals surface area (Å²) in [5.74, 6) is 0.0384. The van der Waals surface area contributed by atoms with E-state index in [0.717, 1.165) is 25.7 Å². The molecule has 0 aromatic heterocycles. The van der Waals surface area contributed by atoms with Crippen molar-refractivity contribution in [2.75, 3.05) is 0 Å². The molecule has 16 heavy (non-hydrogen) atoms. The molecule has 0 aromatic rings. The van der Waals surface area contributed by atoms with E-state index in [4.69, 9.17) is 11.0 Å². The van der Waals surface area contributed by atoms with Gasteiger partial charge >= 0.3 is 0 Å². The molecule has 1 aliphatic rings. The SMILES string of the molecule is CC[C@H](C)[C@H](N)C(=O)NC1CCCC1C#N. The van der Waals surface area contributed by atoms with Gasteiger partial charge in [-0.25, -0.2) is 0 Å². The van der Waals surface area contributed by atoms with Gasteiger partial charge < -0.3 is 11.1 Å². The van der Waals surface area contributed by atoms with Crippen molar-refractivity contribution in [3.63, 3.8) is 0 Å². The number of nitrogens with one attached hydrogen (secondary N) is 1. The van der Waals surface area contributed by atoms with Gasteiger partial charge in [0.05, 0.1) is 18.0 Å². The number of amides is 1. The van der Waals surface area contributed by atoms with Crippen LogP contribution in [0.15, 0.2) is 0 Å². The minimum absolute atomic E-state index is 0.00704. The molecule has 4 nitrogen and oxygen atoms in total. The molecular weight excluding hydrogens is 202 g/mol. The van der Waals surface area contributed by atoms with E-state index in [0.29, 0.717) is 0 Å². The van der Waals surface area contributed by atoms with Gasteiger partial charge in [-0.3, -0.25) is 4.79 Å². The molecule has 1 fully saturated rings. The number of hydrogen-bond donors (Lipinski definition) is 2. The normalized spacial score (nSPS) is 28.1. The highest BCUT2D eigenvalue weighted by Gasteiger charge is 2.30. The van der Waals surface area contributed by atoms with Crippen LogP contribution in [0.4, 0.5) is 0 Å². The summed E-state index contributed by atoms with van der Waals surface area (Å²) in [5, 5.41) is 11.8. The van der Waals surface area contributed by atoms with E-state index in [1.54, 1.807) is 0 Å². The van der Waals surface area contributed by atoms with Crippen molar-refractivity contribution in [2.24, 2.45) is 17.6 Å². The van der Waals surface area contributed by atoms with E-state index in [-0.39, 0.29) is 23.8 Å². The molecule has 0 aliphatic heterocycles. The van der Waals surface area contributed by atoms with Crippen molar-refractivity contribution in [2.45, 2.75) is 51.6 Å². The smallest absolute Gasteiger partial charge is 0.237 e. The van der Waals surface area contributed by atoms with Crippen LogP contribution >= 0.6 is 0 Å². The minimum atomic E-state index is -0.454. The second kappa shape index (κ2) is 5.86. The van der Waals surface area contributed by atoms with Crippen LogP contribution < -0.4 is 11.1 Å². The number of rotatable bonds is 4. The largest absolute Gasteiger partial charge is 0.351 e. The highest BCUT2D eigenvalue weighted by Crippen LogP contribution is 2.25. The van der Waals surface area contributed by atoms with E-state index >= 15 is 0 Å². The van der Waals surface area contributed by atoms with E-state index in [1.807, 2.05) is 13.8 Å². The molecule has 0 aromatic carbocycles. The lowest BCUT2D eigenvalue weighted by Gasteiger charge is -2.22. The van der Waals surface area contributed by atoms with Crippen LogP contribution in [0.1, 0.15) is 39.5 Å². The summed E-state index contributed by atoms with van der Waals surface area (Å²) in [7, 11) is 0. The molecule has 0 saturated heterocycles. The maximum absolute atomic E-state index is 11.8. The monoisotopic (exact) mass is 223 g/mol. The average molecular weight is 223 g/mol. The Morgan fingerprint density at radius 1 is 1.62 bits per heavy atom. The third-order valence-electron chi connectivity index (χ3n) is 3.57. The zero-order chi connectivity index (χ0) is 12.1. The molecule has 4 atom stereocenters. The van der Waals surface area contributed by atoms with Crippen LogP contribution in [0.25, 0.3) is 0 Å². The van der Waals surface area contributed by atoms with Gasteiger partial charge in [0, 0.05) is 6.04 Å². The van der Waals surface area contributed by atoms with Gasteiger partial charge in [-0.15, -0.1) is 0 Å². The van der Waals surface area contributed by atoms with Crippen molar-refractivity contribution < 1.29 is 4.79 Å². The molecule has 2 unspecified atom stereocenters. The Hall–Kier alpha value is -1.08. The first-order valence-corrected chi connectivity index (χ1v) is 6.05. The predicted octanol–water partition coefficient (Wildman–Crippen LogP) is 1.17. The molecule has 1 amide bonds. The molecule has 1 rings (SSSR count). The molecular formula is C12H21N3O. The van der Waals surface area contributed by atoms with Crippen LogP contribution in [0, 0.1) is 23.2 Å². The first-order valence-electron chi connectivity index (χ1n) is 6.05. The van der Waals surface area contributed by atoms with Crippen LogP contribution in [0.2, 0.25) is 0 Å². The molecule has 0 bridgehead atoms. The van der Waals surface area contributed by atoms with Gasteiger partial charge in [0.15, 0.2) is 0 Å². The average Bonchev–Trinajstić information content (AvgIpc) is 2.74. The first-order chi connectivity index (χ1) is 7.60. The van der Waals surface area contributed by atoms with E-state index in [2.05, 4.69) is 11.4 Å². The van der Waals surface area contributed by atoms with Crippen molar-refractivity contribution in [1.29, 1.82) is 5.26 Å². The van der Waals surface area contributed by atoms with Gasteiger partial charge in [0.2, 0.25) is 5.91 Å². The molecule has 1 saturated carbocycles. The maximum atomic E-state index is 11.8. The summed E-state index contributed by atoms with van der Waals surface area (Å²) in [5.41, 5.74) is 5.84. The van der Waals surface area contributed by atoms with Crippen molar-refractivity contribution in [1.82, 2.24) is 5.32 Å². The number of carbonyl (C=O) groups excluding carboxylic acids is 1. The Morgan fingerprint density at radius 2 is 2.31 bits per heavy atom. The zero-order valence-corrected chi connectivity index (χ0v) is 10.1. The van der Waals surface area contributed by atoms with Crippen molar-refractivity contribution in [3.8, 4) is 6.07 Å². The summed E-state index contributed by atoms with van der Waals surface area (Å²) >= 11 is 0. The molecule has 1 aliphatic carbocycles. The lowest BCUT2D eigenvalue weighted by molar-refractivity contribution is -0.124. The Balaban J connectivity index is 2.48. The van der Waals surface area contributed by atoms with Crippen LogP contribution in [-0.4, -0.2) is 18.0 Å². The first kappa shape index (κ1) is 13.0. The second-order valence-corrected chi connectivity index (χ2v) is 4.69. The maximum Gasteiger partial charge on any atom is 0.237 e. The van der Waals surface area contributed by atoms with Gasteiger partial charge in [-0.2, -0.15) is 5.26 Å². The summed E-state index contributed by atoms with van der Waals surface area (Å²) in [4.78, 5) is 11.8. The van der Waals surface area contributed by atoms with Gasteiger partial charge in [0.25, 0.3) is 0 Å². The Labute approximate surface area is 97.2 Å². The fourth-order valence-electron chi connectivity index (χ4n) is 2.08. The molecule has 0 radical (unpaired) electrons. The number of nitrogens with two attached hydrogens (primary N) is 1. The minimum Gasteiger partial charge on any atom is -0.351 e. The van der Waals surface area contributed by atoms with E-state index in [1.165, 1.54) is 0 Å². The summed E-state index contributed by atoms with van der Waals surface area (Å²) in [6, 6.07) is 1.80. The molecule has 0 heterocycles. The summed E-state index contributed by atoms with van der Waals surface area (Å²) in [6.45, 7) is 3.99. The topological polar surface area (TPSA) is 78.9 Å². The van der Waals surface area contributed by atoms with Gasteiger partial charge in [-0.1, -0.05) is 20.3 Å². The van der Waals surface area contributed by atoms with Gasteiger partial charge in [-0.05, 0) is 25.2 Å². The highest BCUT2D eigenvalue weighted by molar-refractivity contribution is 5.82. The highest BCUT2D eigenvalue weighted by atomic mass is 16.2. The number of nitrogens with zero attached hydrogens (tertiary/aromatic N) is 1. The lowest BCUT2D eigenvalue weighted by Crippen LogP contribution is -2.49. The van der Waals surface area contributed by atoms with Crippen molar-refractivity contribution in [3.05, 3.63) is 0 Å². The third-order valence-corrected chi connectivity index (χ3v) is 3.57. The fourth-order valence-corrected chi connectivity index (χ4v) is 2.08. The fraction of sp³-hybridized carbons (Fsp3) is 0.833. The summed E-state index contributed by atoms with van der Waals surface area (Å²) in [6.07, 6.45) is 3.69. The Bertz CT molecular complexity index is 284. The third kappa shape index (κ3) is 2.96. The Morgan fingerprint density at radius 3 is 2.88 bits per heavy atom.